The zero-order valence-electron chi connectivity index (χ0n) is 13.7. The third-order valence-electron chi connectivity index (χ3n) is 3.45. The van der Waals surface area contributed by atoms with Gasteiger partial charge in [-0.25, -0.2) is 4.39 Å². The van der Waals surface area contributed by atoms with Crippen molar-refractivity contribution in [3.63, 3.8) is 0 Å². The van der Waals surface area contributed by atoms with Gasteiger partial charge in [-0.1, -0.05) is 19.9 Å². The van der Waals surface area contributed by atoms with Gasteiger partial charge in [-0.05, 0) is 70.2 Å². The molecule has 0 unspecified atom stereocenters. The van der Waals surface area contributed by atoms with Crippen LogP contribution in [0.2, 0.25) is 0 Å². The SMILES string of the molecule is CC(C)c1ccc(OCCCC(=O)Oc2ccc(F)cc2)c(Br)c1. The van der Waals surface area contributed by atoms with E-state index in [1.54, 1.807) is 0 Å². The van der Waals surface area contributed by atoms with Crippen LogP contribution in [-0.2, 0) is 4.79 Å². The van der Waals surface area contributed by atoms with Crippen LogP contribution in [0.15, 0.2) is 46.9 Å². The Hall–Kier alpha value is -1.88. The highest BCUT2D eigenvalue weighted by atomic mass is 79.9. The first kappa shape index (κ1) is 18.5. The lowest BCUT2D eigenvalue weighted by Crippen LogP contribution is -2.10. The van der Waals surface area contributed by atoms with E-state index in [4.69, 9.17) is 9.47 Å². The fourth-order valence-corrected chi connectivity index (χ4v) is 2.59. The normalized spacial score (nSPS) is 10.7. The second-order valence-electron chi connectivity index (χ2n) is 5.72. The molecule has 0 amide bonds. The molecule has 0 bridgehead atoms. The summed E-state index contributed by atoms with van der Waals surface area (Å²) < 4.78 is 24.5. The van der Waals surface area contributed by atoms with Crippen LogP contribution < -0.4 is 9.47 Å². The van der Waals surface area contributed by atoms with Gasteiger partial charge in [0, 0.05) is 6.42 Å². The van der Waals surface area contributed by atoms with E-state index in [2.05, 4.69) is 29.8 Å². The average Bonchev–Trinajstić information content (AvgIpc) is 2.54. The van der Waals surface area contributed by atoms with Gasteiger partial charge in [0.2, 0.25) is 0 Å². The van der Waals surface area contributed by atoms with Gasteiger partial charge in [0.25, 0.3) is 0 Å². The molecule has 3 nitrogen and oxygen atoms in total. The van der Waals surface area contributed by atoms with Crippen LogP contribution in [0.25, 0.3) is 0 Å². The molecule has 0 aliphatic carbocycles. The van der Waals surface area contributed by atoms with Gasteiger partial charge in [0.05, 0.1) is 11.1 Å². The van der Waals surface area contributed by atoms with E-state index in [1.807, 2.05) is 18.2 Å². The summed E-state index contributed by atoms with van der Waals surface area (Å²) in [7, 11) is 0. The predicted octanol–water partition coefficient (Wildman–Crippen LogP) is 5.48. The van der Waals surface area contributed by atoms with E-state index in [-0.39, 0.29) is 18.2 Å². The molecule has 0 saturated carbocycles. The number of carbonyl (C=O) groups excluding carboxylic acids is 1. The van der Waals surface area contributed by atoms with Crippen LogP contribution in [0, 0.1) is 5.82 Å². The van der Waals surface area contributed by atoms with Crippen LogP contribution >= 0.6 is 15.9 Å². The molecule has 5 heteroatoms. The van der Waals surface area contributed by atoms with Crippen LogP contribution in [-0.4, -0.2) is 12.6 Å². The number of rotatable bonds is 7. The molecule has 0 atom stereocenters. The second kappa shape index (κ2) is 8.83. The van der Waals surface area contributed by atoms with Gasteiger partial charge in [0.1, 0.15) is 17.3 Å². The van der Waals surface area contributed by atoms with Gasteiger partial charge < -0.3 is 9.47 Å². The van der Waals surface area contributed by atoms with Crippen LogP contribution in [0.3, 0.4) is 0 Å². The molecule has 2 aromatic carbocycles. The minimum atomic E-state index is -0.364. The van der Waals surface area contributed by atoms with Gasteiger partial charge in [0.15, 0.2) is 0 Å². The highest BCUT2D eigenvalue weighted by Gasteiger charge is 2.08. The Labute approximate surface area is 149 Å². The standard InChI is InChI=1S/C19H20BrFO3/c1-13(2)14-5-10-18(17(20)12-14)23-11-3-4-19(22)24-16-8-6-15(21)7-9-16/h5-10,12-13H,3-4,11H2,1-2H3. The van der Waals surface area contributed by atoms with Crippen molar-refractivity contribution in [3.05, 3.63) is 58.3 Å². The van der Waals surface area contributed by atoms with E-state index in [0.29, 0.717) is 24.7 Å². The molecule has 0 saturated heterocycles. The highest BCUT2D eigenvalue weighted by Crippen LogP contribution is 2.29. The zero-order chi connectivity index (χ0) is 17.5. The summed E-state index contributed by atoms with van der Waals surface area (Å²) in [5.74, 6) is 0.828. The van der Waals surface area contributed by atoms with Crippen LogP contribution in [0.5, 0.6) is 11.5 Å². The first-order valence-corrected chi connectivity index (χ1v) is 8.63. The molecular weight excluding hydrogens is 375 g/mol. The number of esters is 1. The van der Waals surface area contributed by atoms with E-state index >= 15 is 0 Å². The molecule has 2 aromatic rings. The lowest BCUT2D eigenvalue weighted by Gasteiger charge is -2.11. The monoisotopic (exact) mass is 394 g/mol. The summed E-state index contributed by atoms with van der Waals surface area (Å²) in [6, 6.07) is 11.4. The first-order chi connectivity index (χ1) is 11.5. The minimum Gasteiger partial charge on any atom is -0.492 e. The number of halogens is 2. The maximum absolute atomic E-state index is 12.8. The van der Waals surface area contributed by atoms with Crippen molar-refractivity contribution < 1.29 is 18.7 Å². The Kier molecular flexibility index (Phi) is 6.79. The number of hydrogen-bond donors (Lipinski definition) is 0. The number of benzene rings is 2. The molecule has 0 fully saturated rings. The Morgan fingerprint density at radius 2 is 1.88 bits per heavy atom. The van der Waals surface area contributed by atoms with Crippen molar-refractivity contribution in [3.8, 4) is 11.5 Å². The van der Waals surface area contributed by atoms with E-state index in [0.717, 1.165) is 10.2 Å². The Balaban J connectivity index is 1.74. The van der Waals surface area contributed by atoms with Gasteiger partial charge >= 0.3 is 5.97 Å². The second-order valence-corrected chi connectivity index (χ2v) is 6.58. The number of ether oxygens (including phenoxy) is 2. The lowest BCUT2D eigenvalue weighted by molar-refractivity contribution is -0.134. The summed E-state index contributed by atoms with van der Waals surface area (Å²) in [6.07, 6.45) is 0.775. The number of carbonyl (C=O) groups is 1. The molecule has 128 valence electrons. The van der Waals surface area contributed by atoms with Crippen molar-refractivity contribution >= 4 is 21.9 Å². The summed E-state index contributed by atoms with van der Waals surface area (Å²) in [4.78, 5) is 11.7. The van der Waals surface area contributed by atoms with Gasteiger partial charge in [-0.15, -0.1) is 0 Å². The summed E-state index contributed by atoms with van der Waals surface area (Å²) >= 11 is 3.50. The van der Waals surface area contributed by atoms with Gasteiger partial charge in [-0.2, -0.15) is 0 Å². The summed E-state index contributed by atoms with van der Waals surface area (Å²) in [5.41, 5.74) is 1.23. The third-order valence-corrected chi connectivity index (χ3v) is 4.07. The van der Waals surface area contributed by atoms with Gasteiger partial charge in [-0.3, -0.25) is 4.79 Å². The highest BCUT2D eigenvalue weighted by molar-refractivity contribution is 9.10. The van der Waals surface area contributed by atoms with Crippen molar-refractivity contribution in [1.29, 1.82) is 0 Å². The quantitative estimate of drug-likeness (QED) is 0.354. The van der Waals surface area contributed by atoms with Crippen LogP contribution in [0.4, 0.5) is 4.39 Å². The first-order valence-electron chi connectivity index (χ1n) is 7.84. The topological polar surface area (TPSA) is 35.5 Å². The van der Waals surface area contributed by atoms with Crippen molar-refractivity contribution in [2.45, 2.75) is 32.6 Å². The van der Waals surface area contributed by atoms with Crippen molar-refractivity contribution in [2.24, 2.45) is 0 Å². The maximum atomic E-state index is 12.8. The fourth-order valence-electron chi connectivity index (χ4n) is 2.08. The largest absolute Gasteiger partial charge is 0.492 e. The number of hydrogen-bond acceptors (Lipinski definition) is 3. The Morgan fingerprint density at radius 1 is 1.17 bits per heavy atom. The lowest BCUT2D eigenvalue weighted by atomic mass is 10.0. The van der Waals surface area contributed by atoms with Crippen LogP contribution in [0.1, 0.15) is 38.2 Å². The molecule has 0 aliphatic rings. The molecule has 0 radical (unpaired) electrons. The predicted molar refractivity (Wildman–Crippen MR) is 95.0 cm³/mol. The van der Waals surface area contributed by atoms with E-state index in [9.17, 15) is 9.18 Å². The third kappa shape index (κ3) is 5.64. The van der Waals surface area contributed by atoms with E-state index in [1.165, 1.54) is 29.8 Å². The Morgan fingerprint density at radius 3 is 2.50 bits per heavy atom. The Bertz CT molecular complexity index is 684. The minimum absolute atomic E-state index is 0.235. The fraction of sp³-hybridized carbons (Fsp3) is 0.316. The molecule has 0 spiro atoms. The molecule has 0 aliphatic heterocycles. The van der Waals surface area contributed by atoms with Crippen molar-refractivity contribution in [2.75, 3.05) is 6.61 Å². The maximum Gasteiger partial charge on any atom is 0.311 e. The molecule has 2 rings (SSSR count). The summed E-state index contributed by atoms with van der Waals surface area (Å²) in [6.45, 7) is 4.68. The molecular formula is C19H20BrFO3. The molecule has 0 aromatic heterocycles. The molecule has 0 heterocycles. The zero-order valence-corrected chi connectivity index (χ0v) is 15.3. The molecule has 0 N–H and O–H groups in total. The molecule has 24 heavy (non-hydrogen) atoms. The van der Waals surface area contributed by atoms with E-state index < -0.39 is 0 Å². The average molecular weight is 395 g/mol. The van der Waals surface area contributed by atoms with Crippen molar-refractivity contribution in [1.82, 2.24) is 0 Å². The summed E-state index contributed by atoms with van der Waals surface area (Å²) in [5, 5.41) is 0. The smallest absolute Gasteiger partial charge is 0.311 e.